The van der Waals surface area contributed by atoms with Crippen molar-refractivity contribution in [2.45, 2.75) is 38.5 Å². The fourth-order valence-electron chi connectivity index (χ4n) is 3.76. The van der Waals surface area contributed by atoms with Crippen LogP contribution in [0.25, 0.3) is 11.1 Å². The van der Waals surface area contributed by atoms with Crippen molar-refractivity contribution >= 4 is 0 Å². The lowest BCUT2D eigenvalue weighted by Crippen LogP contribution is -2.11. The van der Waals surface area contributed by atoms with Crippen LogP contribution in [0.3, 0.4) is 0 Å². The molecule has 0 unspecified atom stereocenters. The summed E-state index contributed by atoms with van der Waals surface area (Å²) in [5.74, 6) is -0.606. The van der Waals surface area contributed by atoms with E-state index in [0.717, 1.165) is 0 Å². The van der Waals surface area contributed by atoms with Gasteiger partial charge in [-0.05, 0) is 67.7 Å². The Labute approximate surface area is 148 Å². The maximum atomic E-state index is 14.2. The lowest BCUT2D eigenvalue weighted by molar-refractivity contribution is 0.372. The van der Waals surface area contributed by atoms with E-state index in [1.807, 2.05) is 12.1 Å². The Balaban J connectivity index is 1.76. The van der Waals surface area contributed by atoms with Gasteiger partial charge in [0, 0.05) is 5.56 Å². The van der Waals surface area contributed by atoms with Crippen molar-refractivity contribution in [3.05, 3.63) is 65.7 Å². The summed E-state index contributed by atoms with van der Waals surface area (Å²) < 4.78 is 33.0. The number of hydrogen-bond donors (Lipinski definition) is 0. The van der Waals surface area contributed by atoms with Crippen LogP contribution in [0, 0.1) is 17.6 Å². The van der Waals surface area contributed by atoms with Gasteiger partial charge in [0.2, 0.25) is 5.82 Å². The van der Waals surface area contributed by atoms with Gasteiger partial charge in [-0.15, -0.1) is 0 Å². The average Bonchev–Trinajstić information content (AvgIpc) is 2.65. The van der Waals surface area contributed by atoms with E-state index in [9.17, 15) is 8.78 Å². The van der Waals surface area contributed by atoms with Gasteiger partial charge < -0.3 is 4.74 Å². The third kappa shape index (κ3) is 3.76. The molecule has 132 valence electrons. The number of ether oxygens (including phenoxy) is 1. The van der Waals surface area contributed by atoms with Gasteiger partial charge in [0.25, 0.3) is 0 Å². The highest BCUT2D eigenvalue weighted by Crippen LogP contribution is 2.37. The van der Waals surface area contributed by atoms with Crippen molar-refractivity contribution in [1.29, 1.82) is 0 Å². The van der Waals surface area contributed by atoms with Gasteiger partial charge >= 0.3 is 0 Å². The minimum absolute atomic E-state index is 0.0734. The van der Waals surface area contributed by atoms with Gasteiger partial charge in [0.15, 0.2) is 11.6 Å². The molecular formula is C22H24F2O. The number of allylic oxidation sites excluding steroid dienone is 2. The summed E-state index contributed by atoms with van der Waals surface area (Å²) >= 11 is 0. The second-order valence-corrected chi connectivity index (χ2v) is 6.70. The highest BCUT2D eigenvalue weighted by Gasteiger charge is 2.21. The molecule has 0 radical (unpaired) electrons. The monoisotopic (exact) mass is 342 g/mol. The molecule has 0 N–H and O–H groups in total. The van der Waals surface area contributed by atoms with Crippen LogP contribution in [0.4, 0.5) is 8.78 Å². The van der Waals surface area contributed by atoms with Crippen LogP contribution in [-0.2, 0) is 0 Å². The predicted molar refractivity (Wildman–Crippen MR) is 97.9 cm³/mol. The Bertz CT molecular complexity index is 741. The normalized spacial score (nSPS) is 20.8. The van der Waals surface area contributed by atoms with E-state index in [1.165, 1.54) is 44.4 Å². The van der Waals surface area contributed by atoms with E-state index >= 15 is 0 Å². The molecule has 25 heavy (non-hydrogen) atoms. The van der Waals surface area contributed by atoms with Crippen molar-refractivity contribution in [3.8, 4) is 16.9 Å². The zero-order chi connectivity index (χ0) is 17.8. The van der Waals surface area contributed by atoms with Crippen LogP contribution in [0.15, 0.2) is 48.6 Å². The lowest BCUT2D eigenvalue weighted by atomic mass is 9.78. The van der Waals surface area contributed by atoms with Gasteiger partial charge in [-0.3, -0.25) is 0 Å². The Morgan fingerprint density at radius 3 is 2.20 bits per heavy atom. The first kappa shape index (κ1) is 17.7. The smallest absolute Gasteiger partial charge is 0.201 e. The van der Waals surface area contributed by atoms with Crippen molar-refractivity contribution in [2.75, 3.05) is 7.11 Å². The molecule has 3 heteroatoms. The fraction of sp³-hybridized carbons (Fsp3) is 0.364. The molecule has 2 aromatic rings. The van der Waals surface area contributed by atoms with Crippen LogP contribution in [0.2, 0.25) is 0 Å². The first-order valence-electron chi connectivity index (χ1n) is 8.89. The van der Waals surface area contributed by atoms with Crippen LogP contribution in [-0.4, -0.2) is 7.11 Å². The number of hydrogen-bond acceptors (Lipinski definition) is 1. The van der Waals surface area contributed by atoms with E-state index in [2.05, 4.69) is 31.2 Å². The zero-order valence-corrected chi connectivity index (χ0v) is 14.8. The summed E-state index contributed by atoms with van der Waals surface area (Å²) in [7, 11) is 1.33. The lowest BCUT2D eigenvalue weighted by Gasteiger charge is -2.27. The van der Waals surface area contributed by atoms with Crippen LogP contribution < -0.4 is 4.74 Å². The van der Waals surface area contributed by atoms with E-state index in [-0.39, 0.29) is 11.3 Å². The Morgan fingerprint density at radius 1 is 0.920 bits per heavy atom. The molecule has 0 aromatic heterocycles. The molecule has 0 saturated heterocycles. The van der Waals surface area contributed by atoms with Gasteiger partial charge in [0.1, 0.15) is 0 Å². The Hall–Kier alpha value is -2.16. The number of halogens is 2. The van der Waals surface area contributed by atoms with Gasteiger partial charge in [-0.1, -0.05) is 36.4 Å². The molecule has 1 aliphatic rings. The Kier molecular flexibility index (Phi) is 5.52. The van der Waals surface area contributed by atoms with Gasteiger partial charge in [-0.2, -0.15) is 4.39 Å². The molecule has 3 rings (SSSR count). The largest absolute Gasteiger partial charge is 0.494 e. The first-order chi connectivity index (χ1) is 12.1. The van der Waals surface area contributed by atoms with Crippen molar-refractivity contribution < 1.29 is 13.5 Å². The van der Waals surface area contributed by atoms with E-state index in [0.29, 0.717) is 17.4 Å². The Morgan fingerprint density at radius 2 is 1.60 bits per heavy atom. The molecular weight excluding hydrogens is 318 g/mol. The summed E-state index contributed by atoms with van der Waals surface area (Å²) in [6.45, 7) is 2.08. The molecule has 0 heterocycles. The molecule has 0 aliphatic heterocycles. The van der Waals surface area contributed by atoms with E-state index in [1.54, 1.807) is 6.07 Å². The second-order valence-electron chi connectivity index (χ2n) is 6.70. The van der Waals surface area contributed by atoms with Crippen LogP contribution in [0.1, 0.15) is 44.1 Å². The molecule has 0 spiro atoms. The van der Waals surface area contributed by atoms with E-state index < -0.39 is 11.6 Å². The van der Waals surface area contributed by atoms with E-state index in [4.69, 9.17) is 4.74 Å². The van der Waals surface area contributed by atoms with Crippen molar-refractivity contribution in [3.63, 3.8) is 0 Å². The topological polar surface area (TPSA) is 9.23 Å². The maximum absolute atomic E-state index is 14.2. The van der Waals surface area contributed by atoms with Gasteiger partial charge in [-0.25, -0.2) is 4.39 Å². The number of benzene rings is 2. The number of methoxy groups -OCH3 is 1. The third-order valence-corrected chi connectivity index (χ3v) is 5.20. The maximum Gasteiger partial charge on any atom is 0.201 e. The highest BCUT2D eigenvalue weighted by molar-refractivity contribution is 5.65. The fourth-order valence-corrected chi connectivity index (χ4v) is 3.76. The van der Waals surface area contributed by atoms with Crippen molar-refractivity contribution in [2.24, 2.45) is 5.92 Å². The SMILES string of the molecule is C/C=C\C1CCC(c2ccc(-c3ccc(OC)c(F)c3F)cc2)CC1. The molecule has 0 amide bonds. The highest BCUT2D eigenvalue weighted by atomic mass is 19.2. The molecule has 0 bridgehead atoms. The summed E-state index contributed by atoms with van der Waals surface area (Å²) in [4.78, 5) is 0. The quantitative estimate of drug-likeness (QED) is 0.577. The van der Waals surface area contributed by atoms with Crippen LogP contribution >= 0.6 is 0 Å². The minimum atomic E-state index is -0.939. The number of rotatable bonds is 4. The average molecular weight is 342 g/mol. The molecule has 0 atom stereocenters. The summed E-state index contributed by atoms with van der Waals surface area (Å²) in [5.41, 5.74) is 2.24. The standard InChI is InChI=1S/C22H24F2O/c1-3-4-15-5-7-16(8-6-15)17-9-11-18(12-10-17)19-13-14-20(25-2)22(24)21(19)23/h3-4,9-16H,5-8H2,1-2H3/b4-3-. The molecule has 1 nitrogen and oxygen atoms in total. The molecule has 1 fully saturated rings. The summed E-state index contributed by atoms with van der Waals surface area (Å²) in [6, 6.07) is 10.9. The minimum Gasteiger partial charge on any atom is -0.494 e. The first-order valence-corrected chi connectivity index (χ1v) is 8.89. The summed E-state index contributed by atoms with van der Waals surface area (Å²) in [6.07, 6.45) is 9.24. The summed E-state index contributed by atoms with van der Waals surface area (Å²) in [5, 5.41) is 0. The zero-order valence-electron chi connectivity index (χ0n) is 14.8. The predicted octanol–water partition coefficient (Wildman–Crippen LogP) is 6.49. The van der Waals surface area contributed by atoms with Crippen molar-refractivity contribution in [1.82, 2.24) is 0 Å². The third-order valence-electron chi connectivity index (χ3n) is 5.20. The second kappa shape index (κ2) is 7.81. The van der Waals surface area contributed by atoms with Crippen LogP contribution in [0.5, 0.6) is 5.75 Å². The molecule has 1 aliphatic carbocycles. The molecule has 2 aromatic carbocycles. The molecule has 1 saturated carbocycles. The van der Waals surface area contributed by atoms with Gasteiger partial charge in [0.05, 0.1) is 7.11 Å².